The number of fused-ring (bicyclic) bond motifs is 2. The molecule has 0 amide bonds. The first-order valence-corrected chi connectivity index (χ1v) is 6.17. The lowest BCUT2D eigenvalue weighted by Gasteiger charge is -2.39. The number of carbonyl (C=O) groups excluding carboxylic acids is 2. The number of rotatable bonds is 4. The van der Waals surface area contributed by atoms with Crippen LogP contribution in [0.1, 0.15) is 19.3 Å². The van der Waals surface area contributed by atoms with E-state index in [0.717, 1.165) is 0 Å². The van der Waals surface area contributed by atoms with E-state index in [9.17, 15) is 29.8 Å². The Labute approximate surface area is 108 Å². The monoisotopic (exact) mass is 270 g/mol. The Morgan fingerprint density at radius 2 is 1.26 bits per heavy atom. The van der Waals surface area contributed by atoms with Crippen LogP contribution < -0.4 is 0 Å². The number of carbonyl (C=O) groups is 2. The van der Waals surface area contributed by atoms with E-state index in [1.807, 2.05) is 0 Å². The molecule has 0 spiro atoms. The fraction of sp³-hybridized carbons (Fsp3) is 0.818. The molecule has 0 aromatic carbocycles. The topological polar surface area (TPSA) is 120 Å². The third kappa shape index (κ3) is 2.77. The van der Waals surface area contributed by atoms with E-state index in [1.54, 1.807) is 0 Å². The van der Waals surface area contributed by atoms with Gasteiger partial charge in [0.2, 0.25) is 13.1 Å². The van der Waals surface area contributed by atoms with Crippen LogP contribution in [-0.2, 0) is 9.59 Å². The summed E-state index contributed by atoms with van der Waals surface area (Å²) in [5.74, 6) is -2.36. The lowest BCUT2D eigenvalue weighted by molar-refractivity contribution is -0.492. The van der Waals surface area contributed by atoms with Crippen molar-refractivity contribution < 1.29 is 19.4 Å². The van der Waals surface area contributed by atoms with Gasteiger partial charge in [-0.3, -0.25) is 29.8 Å². The van der Waals surface area contributed by atoms with Gasteiger partial charge in [0.25, 0.3) is 0 Å². The van der Waals surface area contributed by atoms with Crippen LogP contribution in [0.3, 0.4) is 0 Å². The molecule has 8 heteroatoms. The van der Waals surface area contributed by atoms with Gasteiger partial charge in [0, 0.05) is 46.4 Å². The number of hydrogen-bond acceptors (Lipinski definition) is 6. The van der Waals surface area contributed by atoms with Crippen molar-refractivity contribution in [3.8, 4) is 0 Å². The smallest absolute Gasteiger partial charge is 0.207 e. The van der Waals surface area contributed by atoms with Crippen molar-refractivity contribution in [2.75, 3.05) is 13.1 Å². The maximum atomic E-state index is 11.9. The maximum absolute atomic E-state index is 11.9. The fourth-order valence-corrected chi connectivity index (χ4v) is 3.32. The molecule has 2 rings (SSSR count). The molecule has 0 saturated heterocycles. The van der Waals surface area contributed by atoms with Gasteiger partial charge in [0.05, 0.1) is 0 Å². The average Bonchev–Trinajstić information content (AvgIpc) is 2.26. The van der Waals surface area contributed by atoms with E-state index >= 15 is 0 Å². The minimum absolute atomic E-state index is 0.00370. The summed E-state index contributed by atoms with van der Waals surface area (Å²) in [7, 11) is 0. The van der Waals surface area contributed by atoms with E-state index < -0.39 is 33.5 Å². The van der Waals surface area contributed by atoms with Crippen molar-refractivity contribution in [2.45, 2.75) is 19.3 Å². The second-order valence-electron chi connectivity index (χ2n) is 5.34. The molecule has 0 aromatic heterocycles. The Kier molecular flexibility index (Phi) is 3.59. The minimum atomic E-state index is -0.539. The Bertz CT molecular complexity index is 408. The molecule has 104 valence electrons. The summed E-state index contributed by atoms with van der Waals surface area (Å²) in [6.07, 6.45) is 0.237. The summed E-state index contributed by atoms with van der Waals surface area (Å²) in [4.78, 5) is 44.0. The summed E-state index contributed by atoms with van der Waals surface area (Å²) in [6.45, 7) is -0.760. The Morgan fingerprint density at radius 3 is 1.58 bits per heavy atom. The molecule has 19 heavy (non-hydrogen) atoms. The van der Waals surface area contributed by atoms with Crippen LogP contribution in [-0.4, -0.2) is 34.5 Å². The SMILES string of the molecule is O=C1CC(C[N+](=O)[O-])C2CC1C(C[N+](=O)[O-])CC2=O. The minimum Gasteiger partial charge on any atom is -0.299 e. The lowest BCUT2D eigenvalue weighted by Crippen LogP contribution is -2.48. The van der Waals surface area contributed by atoms with E-state index in [-0.39, 0.29) is 43.9 Å². The highest BCUT2D eigenvalue weighted by atomic mass is 16.6. The highest BCUT2D eigenvalue weighted by molar-refractivity contribution is 5.90. The van der Waals surface area contributed by atoms with Crippen LogP contribution in [0.2, 0.25) is 0 Å². The summed E-state index contributed by atoms with van der Waals surface area (Å²) >= 11 is 0. The number of ketones is 2. The molecule has 4 unspecified atom stereocenters. The summed E-state index contributed by atoms with van der Waals surface area (Å²) in [5.41, 5.74) is 0. The third-order valence-electron chi connectivity index (χ3n) is 4.17. The molecule has 2 saturated carbocycles. The van der Waals surface area contributed by atoms with Crippen LogP contribution in [0.4, 0.5) is 0 Å². The van der Waals surface area contributed by atoms with Gasteiger partial charge in [-0.25, -0.2) is 0 Å². The molecule has 4 atom stereocenters. The Hall–Kier alpha value is -1.86. The summed E-state index contributed by atoms with van der Waals surface area (Å²) in [6, 6.07) is 0. The van der Waals surface area contributed by atoms with Crippen molar-refractivity contribution >= 4 is 11.6 Å². The molecule has 0 radical (unpaired) electrons. The third-order valence-corrected chi connectivity index (χ3v) is 4.17. The molecule has 0 aromatic rings. The van der Waals surface area contributed by atoms with Gasteiger partial charge in [-0.1, -0.05) is 0 Å². The van der Waals surface area contributed by atoms with Gasteiger partial charge in [-0.05, 0) is 6.42 Å². The Balaban J connectivity index is 2.14. The second-order valence-corrected chi connectivity index (χ2v) is 5.34. The zero-order valence-corrected chi connectivity index (χ0v) is 10.2. The highest BCUT2D eigenvalue weighted by Gasteiger charge is 2.50. The van der Waals surface area contributed by atoms with Crippen LogP contribution in [0.15, 0.2) is 0 Å². The molecule has 0 aliphatic heterocycles. The zero-order chi connectivity index (χ0) is 14.2. The maximum Gasteiger partial charge on any atom is 0.207 e. The molecular formula is C11H14N2O6. The first-order chi connectivity index (χ1) is 8.88. The second kappa shape index (κ2) is 5.02. The van der Waals surface area contributed by atoms with Crippen LogP contribution in [0.25, 0.3) is 0 Å². The summed E-state index contributed by atoms with van der Waals surface area (Å²) < 4.78 is 0. The predicted octanol–water partition coefficient (Wildman–Crippen LogP) is 0.340. The number of hydrogen-bond donors (Lipinski definition) is 0. The van der Waals surface area contributed by atoms with Gasteiger partial charge in [-0.15, -0.1) is 0 Å². The van der Waals surface area contributed by atoms with Crippen LogP contribution in [0.5, 0.6) is 0 Å². The van der Waals surface area contributed by atoms with Crippen molar-refractivity contribution in [1.29, 1.82) is 0 Å². The van der Waals surface area contributed by atoms with Crippen molar-refractivity contribution in [3.63, 3.8) is 0 Å². The Morgan fingerprint density at radius 1 is 0.895 bits per heavy atom. The number of Topliss-reactive ketones (excluding diaryl/α,β-unsaturated/α-hetero) is 2. The largest absolute Gasteiger partial charge is 0.299 e. The van der Waals surface area contributed by atoms with Gasteiger partial charge in [-0.2, -0.15) is 0 Å². The van der Waals surface area contributed by atoms with Crippen molar-refractivity contribution in [1.82, 2.24) is 0 Å². The molecule has 2 aliphatic rings. The van der Waals surface area contributed by atoms with E-state index in [4.69, 9.17) is 0 Å². The number of nitrogens with zero attached hydrogens (tertiary/aromatic N) is 2. The quantitative estimate of drug-likeness (QED) is 0.536. The fourth-order valence-electron chi connectivity index (χ4n) is 3.32. The molecule has 0 N–H and O–H groups in total. The molecule has 2 fully saturated rings. The van der Waals surface area contributed by atoms with Crippen LogP contribution >= 0.6 is 0 Å². The van der Waals surface area contributed by atoms with E-state index in [2.05, 4.69) is 0 Å². The first kappa shape index (κ1) is 13.6. The standard InChI is InChI=1S/C11H14N2O6/c14-10-1-6(4-12(16)17)8-3-9(10)7(2-11(8)15)5-13(18)19/h6-9H,1-5H2. The average molecular weight is 270 g/mol. The molecule has 2 aliphatic carbocycles. The lowest BCUT2D eigenvalue weighted by atomic mass is 9.61. The zero-order valence-electron chi connectivity index (χ0n) is 10.2. The highest BCUT2D eigenvalue weighted by Crippen LogP contribution is 2.42. The normalized spacial score (nSPS) is 34.1. The van der Waals surface area contributed by atoms with E-state index in [0.29, 0.717) is 0 Å². The first-order valence-electron chi connectivity index (χ1n) is 6.17. The predicted molar refractivity (Wildman–Crippen MR) is 61.5 cm³/mol. The van der Waals surface area contributed by atoms with Gasteiger partial charge in [0.15, 0.2) is 0 Å². The van der Waals surface area contributed by atoms with Gasteiger partial charge < -0.3 is 0 Å². The summed E-state index contributed by atoms with van der Waals surface area (Å²) in [5, 5.41) is 21.1. The van der Waals surface area contributed by atoms with Crippen molar-refractivity contribution in [3.05, 3.63) is 20.2 Å². The number of nitro groups is 2. The van der Waals surface area contributed by atoms with Gasteiger partial charge >= 0.3 is 0 Å². The van der Waals surface area contributed by atoms with E-state index in [1.165, 1.54) is 0 Å². The molecule has 8 nitrogen and oxygen atoms in total. The molecule has 0 heterocycles. The van der Waals surface area contributed by atoms with Gasteiger partial charge in [0.1, 0.15) is 11.6 Å². The molecule has 2 bridgehead atoms. The van der Waals surface area contributed by atoms with Crippen LogP contribution in [0, 0.1) is 43.9 Å². The molecular weight excluding hydrogens is 256 g/mol. The van der Waals surface area contributed by atoms with Crippen molar-refractivity contribution in [2.24, 2.45) is 23.7 Å².